The van der Waals surface area contributed by atoms with Crippen molar-refractivity contribution in [1.29, 1.82) is 0 Å². The minimum atomic E-state index is -3.41. The maximum atomic E-state index is 12.1. The largest absolute Gasteiger partial charge is 0.315 e. The molecule has 18 heavy (non-hydrogen) atoms. The summed E-state index contributed by atoms with van der Waals surface area (Å²) in [4.78, 5) is 3.98. The molecule has 2 unspecified atom stereocenters. The number of rotatable bonds is 3. The molecule has 1 aliphatic heterocycles. The zero-order chi connectivity index (χ0) is 12.5. The summed E-state index contributed by atoms with van der Waals surface area (Å²) in [5.74, 6) is 0.361. The number of thiazole rings is 1. The monoisotopic (exact) mass is 311 g/mol. The van der Waals surface area contributed by atoms with E-state index in [2.05, 4.69) is 21.9 Å². The van der Waals surface area contributed by atoms with Crippen molar-refractivity contribution in [3.63, 3.8) is 0 Å². The highest BCUT2D eigenvalue weighted by Gasteiger charge is 2.27. The van der Waals surface area contributed by atoms with Crippen LogP contribution in [0.2, 0.25) is 0 Å². The zero-order valence-corrected chi connectivity index (χ0v) is 12.8. The highest BCUT2D eigenvalue weighted by atomic mass is 35.5. The van der Waals surface area contributed by atoms with E-state index >= 15 is 0 Å². The van der Waals surface area contributed by atoms with Gasteiger partial charge in [0.25, 0.3) is 10.0 Å². The molecule has 0 bridgehead atoms. The summed E-state index contributed by atoms with van der Waals surface area (Å²) in [5, 5.41) is 3.97. The molecule has 2 rings (SSSR count). The number of nitrogens with zero attached hydrogens (tertiary/aromatic N) is 1. The molecule has 1 saturated heterocycles. The molecule has 0 amide bonds. The summed E-state index contributed by atoms with van der Waals surface area (Å²) >= 11 is 1.20. The van der Waals surface area contributed by atoms with Gasteiger partial charge in [-0.25, -0.2) is 18.1 Å². The summed E-state index contributed by atoms with van der Waals surface area (Å²) in [6, 6.07) is -0.0313. The van der Waals surface area contributed by atoms with E-state index in [0.29, 0.717) is 16.7 Å². The Morgan fingerprint density at radius 3 is 2.83 bits per heavy atom. The molecule has 2 N–H and O–H groups in total. The first-order chi connectivity index (χ1) is 7.99. The molecule has 1 fully saturated rings. The first-order valence-electron chi connectivity index (χ1n) is 5.64. The molecule has 0 spiro atoms. The van der Waals surface area contributed by atoms with Gasteiger partial charge in [-0.15, -0.1) is 23.7 Å². The fourth-order valence-electron chi connectivity index (χ4n) is 1.87. The van der Waals surface area contributed by atoms with Crippen LogP contribution in [0.1, 0.15) is 18.4 Å². The molecular weight excluding hydrogens is 294 g/mol. The number of aryl methyl sites for hydroxylation is 1. The number of hydrogen-bond acceptors (Lipinski definition) is 5. The minimum absolute atomic E-state index is 0. The topological polar surface area (TPSA) is 71.1 Å². The second-order valence-electron chi connectivity index (χ2n) is 4.40. The van der Waals surface area contributed by atoms with Crippen LogP contribution in [0.3, 0.4) is 0 Å². The lowest BCUT2D eigenvalue weighted by Crippen LogP contribution is -2.49. The van der Waals surface area contributed by atoms with Gasteiger partial charge in [0.15, 0.2) is 4.21 Å². The number of halogens is 1. The maximum absolute atomic E-state index is 12.1. The van der Waals surface area contributed by atoms with Crippen molar-refractivity contribution < 1.29 is 8.42 Å². The first kappa shape index (κ1) is 15.8. The third kappa shape index (κ3) is 3.64. The highest BCUT2D eigenvalue weighted by Crippen LogP contribution is 2.20. The van der Waals surface area contributed by atoms with Crippen molar-refractivity contribution >= 4 is 33.8 Å². The van der Waals surface area contributed by atoms with Gasteiger partial charge in [0.2, 0.25) is 0 Å². The van der Waals surface area contributed by atoms with Crippen molar-refractivity contribution in [2.45, 2.75) is 30.5 Å². The van der Waals surface area contributed by atoms with Gasteiger partial charge >= 0.3 is 0 Å². The molecule has 0 radical (unpaired) electrons. The fourth-order valence-corrected chi connectivity index (χ4v) is 4.34. The van der Waals surface area contributed by atoms with Crippen molar-refractivity contribution in [3.05, 3.63) is 11.2 Å². The van der Waals surface area contributed by atoms with Gasteiger partial charge in [-0.3, -0.25) is 0 Å². The average molecular weight is 312 g/mol. The van der Waals surface area contributed by atoms with E-state index in [0.717, 1.165) is 18.0 Å². The standard InChI is InChI=1S/C10H17N3O2S2.ClH/c1-7-3-4-11-5-9(7)13-17(14,15)10-6-12-8(2)16-10;/h6-7,9,11,13H,3-5H2,1-2H3;1H. The lowest BCUT2D eigenvalue weighted by Gasteiger charge is -2.29. The Kier molecular flexibility index (Phi) is 5.54. The van der Waals surface area contributed by atoms with Crippen LogP contribution in [0.25, 0.3) is 0 Å². The van der Waals surface area contributed by atoms with Crippen LogP contribution in [-0.2, 0) is 10.0 Å². The van der Waals surface area contributed by atoms with Crippen LogP contribution in [-0.4, -0.2) is 32.5 Å². The Labute approximate surface area is 118 Å². The Morgan fingerprint density at radius 2 is 2.28 bits per heavy atom. The van der Waals surface area contributed by atoms with Gasteiger partial charge in [0.05, 0.1) is 11.2 Å². The highest BCUT2D eigenvalue weighted by molar-refractivity contribution is 7.91. The molecule has 1 aromatic heterocycles. The lowest BCUT2D eigenvalue weighted by atomic mass is 9.96. The molecule has 0 saturated carbocycles. The summed E-state index contributed by atoms with van der Waals surface area (Å²) in [5.41, 5.74) is 0. The Bertz CT molecular complexity index is 489. The summed E-state index contributed by atoms with van der Waals surface area (Å²) in [7, 11) is -3.41. The smallest absolute Gasteiger partial charge is 0.251 e. The Morgan fingerprint density at radius 1 is 1.56 bits per heavy atom. The number of sulfonamides is 1. The van der Waals surface area contributed by atoms with Gasteiger partial charge in [0, 0.05) is 12.6 Å². The molecule has 8 heteroatoms. The average Bonchev–Trinajstić information content (AvgIpc) is 2.69. The van der Waals surface area contributed by atoms with Crippen LogP contribution >= 0.6 is 23.7 Å². The first-order valence-corrected chi connectivity index (χ1v) is 7.94. The fraction of sp³-hybridized carbons (Fsp3) is 0.700. The molecule has 1 aliphatic rings. The molecule has 0 aliphatic carbocycles. The van der Waals surface area contributed by atoms with Gasteiger partial charge in [0.1, 0.15) is 0 Å². The van der Waals surface area contributed by atoms with E-state index in [4.69, 9.17) is 0 Å². The van der Waals surface area contributed by atoms with Crippen molar-refractivity contribution in [3.8, 4) is 0 Å². The molecule has 104 valence electrons. The summed E-state index contributed by atoms with van der Waals surface area (Å²) in [6.45, 7) is 5.53. The van der Waals surface area contributed by atoms with Crippen LogP contribution in [0.4, 0.5) is 0 Å². The van der Waals surface area contributed by atoms with Crippen molar-refractivity contribution in [2.24, 2.45) is 5.92 Å². The lowest BCUT2D eigenvalue weighted by molar-refractivity contribution is 0.327. The normalized spacial score (nSPS) is 24.6. The van der Waals surface area contributed by atoms with Gasteiger partial charge in [-0.1, -0.05) is 6.92 Å². The Balaban J connectivity index is 0.00000162. The molecule has 2 heterocycles. The molecular formula is C10H18ClN3O2S2. The van der Waals surface area contributed by atoms with E-state index in [1.54, 1.807) is 6.92 Å². The van der Waals surface area contributed by atoms with Crippen LogP contribution < -0.4 is 10.0 Å². The van der Waals surface area contributed by atoms with E-state index in [9.17, 15) is 8.42 Å². The summed E-state index contributed by atoms with van der Waals surface area (Å²) in [6.07, 6.45) is 2.41. The predicted molar refractivity (Wildman–Crippen MR) is 74.9 cm³/mol. The second kappa shape index (κ2) is 6.29. The number of piperidine rings is 1. The summed E-state index contributed by atoms with van der Waals surface area (Å²) < 4.78 is 27.2. The number of aromatic nitrogens is 1. The third-order valence-corrected chi connectivity index (χ3v) is 5.86. The minimum Gasteiger partial charge on any atom is -0.315 e. The zero-order valence-electron chi connectivity index (χ0n) is 10.3. The molecule has 1 aromatic rings. The molecule has 5 nitrogen and oxygen atoms in total. The van der Waals surface area contributed by atoms with E-state index < -0.39 is 10.0 Å². The third-order valence-electron chi connectivity index (χ3n) is 3.00. The number of hydrogen-bond donors (Lipinski definition) is 2. The van der Waals surface area contributed by atoms with Crippen LogP contribution in [0, 0.1) is 12.8 Å². The van der Waals surface area contributed by atoms with Gasteiger partial charge in [-0.05, 0) is 25.8 Å². The van der Waals surface area contributed by atoms with E-state index in [1.807, 2.05) is 0 Å². The van der Waals surface area contributed by atoms with Crippen molar-refractivity contribution in [1.82, 2.24) is 15.0 Å². The SMILES string of the molecule is Cc1ncc(S(=O)(=O)NC2CNCCC2C)s1.Cl. The Hall–Kier alpha value is -0.210. The van der Waals surface area contributed by atoms with Crippen molar-refractivity contribution in [2.75, 3.05) is 13.1 Å². The number of nitrogens with one attached hydrogen (secondary N) is 2. The quantitative estimate of drug-likeness (QED) is 0.878. The van der Waals surface area contributed by atoms with Crippen LogP contribution in [0.5, 0.6) is 0 Å². The second-order valence-corrected chi connectivity index (χ2v) is 7.57. The predicted octanol–water partition coefficient (Wildman–Crippen LogP) is 1.15. The van der Waals surface area contributed by atoms with E-state index in [-0.39, 0.29) is 18.4 Å². The van der Waals surface area contributed by atoms with E-state index in [1.165, 1.54) is 17.5 Å². The van der Waals surface area contributed by atoms with Gasteiger partial charge < -0.3 is 5.32 Å². The van der Waals surface area contributed by atoms with Gasteiger partial charge in [-0.2, -0.15) is 0 Å². The molecule has 2 atom stereocenters. The van der Waals surface area contributed by atoms with Crippen LogP contribution in [0.15, 0.2) is 10.4 Å². The maximum Gasteiger partial charge on any atom is 0.251 e. The molecule has 0 aromatic carbocycles.